The van der Waals surface area contributed by atoms with Gasteiger partial charge >= 0.3 is 5.97 Å². The molecule has 2 amide bonds. The molecular weight excluding hydrogens is 737 g/mol. The predicted molar refractivity (Wildman–Crippen MR) is 199 cm³/mol. The quantitative estimate of drug-likeness (QED) is 0.237. The zero-order valence-electron chi connectivity index (χ0n) is 32.0. The lowest BCUT2D eigenvalue weighted by Gasteiger charge is -2.32. The molecule has 0 spiro atoms. The fourth-order valence-electron chi connectivity index (χ4n) is 8.34. The molecule has 0 bridgehead atoms. The van der Waals surface area contributed by atoms with Gasteiger partial charge in [0.2, 0.25) is 27.7 Å². The van der Waals surface area contributed by atoms with Crippen LogP contribution in [0.2, 0.25) is 0 Å². The van der Waals surface area contributed by atoms with Crippen LogP contribution < -0.4 is 14.2 Å². The summed E-state index contributed by atoms with van der Waals surface area (Å²) in [5.41, 5.74) is -1.43. The van der Waals surface area contributed by atoms with E-state index in [2.05, 4.69) is 16.6 Å². The average molecular weight is 788 g/mol. The number of alkyl halides is 1. The molecule has 55 heavy (non-hydrogen) atoms. The molecule has 2 saturated carbocycles. The Labute approximate surface area is 320 Å². The number of rotatable bonds is 10. The number of amides is 2. The number of sulfonamides is 1. The number of hydrogen-bond acceptors (Lipinski definition) is 10. The monoisotopic (exact) mass is 787 g/mol. The van der Waals surface area contributed by atoms with Gasteiger partial charge in [-0.1, -0.05) is 26.0 Å². The highest BCUT2D eigenvalue weighted by molar-refractivity contribution is 7.91. The zero-order valence-corrected chi connectivity index (χ0v) is 32.8. The third-order valence-electron chi connectivity index (χ3n) is 11.8. The molecule has 7 atom stereocenters. The third-order valence-corrected chi connectivity index (χ3v) is 13.9. The molecule has 12 nitrogen and oxygen atoms in total. The van der Waals surface area contributed by atoms with Crippen molar-refractivity contribution < 1.29 is 50.6 Å². The summed E-state index contributed by atoms with van der Waals surface area (Å²) in [7, 11) is -2.95. The molecule has 1 aromatic heterocycles. The summed E-state index contributed by atoms with van der Waals surface area (Å²) in [6, 6.07) is 3.04. The van der Waals surface area contributed by atoms with E-state index in [-0.39, 0.29) is 68.5 Å². The molecule has 1 aromatic carbocycles. The van der Waals surface area contributed by atoms with Crippen molar-refractivity contribution in [1.82, 2.24) is 14.6 Å². The first-order valence-electron chi connectivity index (χ1n) is 19.1. The highest BCUT2D eigenvalue weighted by Gasteiger charge is 2.63. The van der Waals surface area contributed by atoms with Gasteiger partial charge in [0.1, 0.15) is 29.1 Å². The van der Waals surface area contributed by atoms with E-state index in [9.17, 15) is 36.4 Å². The number of Topliss-reactive ketones (excluding diaryl/α,β-unsaturated/α-hetero) is 1. The van der Waals surface area contributed by atoms with E-state index in [0.717, 1.165) is 6.42 Å². The van der Waals surface area contributed by atoms with Gasteiger partial charge in [-0.25, -0.2) is 22.2 Å². The Kier molecular flexibility index (Phi) is 11.6. The van der Waals surface area contributed by atoms with Gasteiger partial charge in [-0.05, 0) is 82.3 Å². The molecule has 4 aliphatic rings. The van der Waals surface area contributed by atoms with Gasteiger partial charge in [-0.15, -0.1) is 0 Å². The van der Waals surface area contributed by atoms with Gasteiger partial charge in [0.05, 0.1) is 48.9 Å². The maximum absolute atomic E-state index is 14.8. The normalized spacial score (nSPS) is 30.1. The number of esters is 1. The van der Waals surface area contributed by atoms with Gasteiger partial charge in [0.15, 0.2) is 5.78 Å². The van der Waals surface area contributed by atoms with Crippen LogP contribution >= 0.6 is 0 Å². The van der Waals surface area contributed by atoms with Gasteiger partial charge in [-0.2, -0.15) is 0 Å². The molecule has 1 saturated heterocycles. The largest absolute Gasteiger partial charge is 0.496 e. The topological polar surface area (TPSA) is 158 Å². The lowest BCUT2D eigenvalue weighted by Crippen LogP contribution is -2.48. The first-order chi connectivity index (χ1) is 26.0. The number of ether oxygens (including phenoxy) is 3. The minimum absolute atomic E-state index is 0.00942. The van der Waals surface area contributed by atoms with Crippen LogP contribution in [0.25, 0.3) is 10.8 Å². The first-order valence-corrected chi connectivity index (χ1v) is 20.6. The van der Waals surface area contributed by atoms with Crippen LogP contribution in [-0.2, 0) is 33.9 Å². The van der Waals surface area contributed by atoms with E-state index in [0.29, 0.717) is 23.6 Å². The summed E-state index contributed by atoms with van der Waals surface area (Å²) in [6.45, 7) is 6.22. The number of nitrogens with zero attached hydrogens (tertiary/aromatic N) is 2. The van der Waals surface area contributed by atoms with Crippen LogP contribution in [0.1, 0.15) is 85.5 Å². The molecule has 300 valence electrons. The van der Waals surface area contributed by atoms with Crippen LogP contribution in [0.5, 0.6) is 11.6 Å². The summed E-state index contributed by atoms with van der Waals surface area (Å²) in [5, 5.41) is 0.863. The molecule has 2 aromatic rings. The fraction of sp³-hybridized carbons (Fsp3) is 0.625. The number of carbonyl (C=O) groups is 4. The Balaban J connectivity index is 1.36. The predicted octanol–water partition coefficient (Wildman–Crippen LogP) is 5.61. The molecular formula is C40H51F2N3O9S. The number of halogens is 2. The van der Waals surface area contributed by atoms with Crippen molar-refractivity contribution in [2.45, 2.75) is 108 Å². The number of ketones is 1. The molecule has 15 heteroatoms. The number of nitrogens with one attached hydrogen (secondary N) is 1. The van der Waals surface area contributed by atoms with Gasteiger partial charge in [0.25, 0.3) is 0 Å². The van der Waals surface area contributed by atoms with E-state index < -0.39 is 86.3 Å². The van der Waals surface area contributed by atoms with Gasteiger partial charge < -0.3 is 19.1 Å². The summed E-state index contributed by atoms with van der Waals surface area (Å²) >= 11 is 0. The summed E-state index contributed by atoms with van der Waals surface area (Å²) < 4.78 is 72.5. The number of carbonyl (C=O) groups excluding carboxylic acids is 4. The maximum Gasteiger partial charge on any atom is 0.306 e. The number of fused-ring (bicyclic) bond motifs is 3. The highest BCUT2D eigenvalue weighted by Crippen LogP contribution is 2.58. The van der Waals surface area contributed by atoms with Crippen molar-refractivity contribution in [3.05, 3.63) is 42.4 Å². The van der Waals surface area contributed by atoms with E-state index in [4.69, 9.17) is 14.2 Å². The second kappa shape index (κ2) is 15.8. The lowest BCUT2D eigenvalue weighted by atomic mass is 9.82. The number of hydrogen-bond donors (Lipinski definition) is 1. The number of allylic oxidation sites excluding steroid dienone is 2. The van der Waals surface area contributed by atoms with Crippen LogP contribution in [-0.4, -0.2) is 85.2 Å². The van der Waals surface area contributed by atoms with Crippen molar-refractivity contribution >= 4 is 44.4 Å². The van der Waals surface area contributed by atoms with Gasteiger partial charge in [-0.3, -0.25) is 23.9 Å². The number of aromatic nitrogens is 1. The SMILES string of the molecule is COc1cc(F)cc2c(O[C@@H]3C[C@H]4C(=O)C[C@]5(C(=O)NS(=O)(=O)C6(CF)CC6)C[C@H]5/C=C\CC[C@H](C)C[C@@H](C)[C@H](CC(=O)OC(C)C)C(=O)N4C3)nccc12. The molecule has 0 radical (unpaired) electrons. The summed E-state index contributed by atoms with van der Waals surface area (Å²) in [5.74, 6) is -3.99. The van der Waals surface area contributed by atoms with Crippen molar-refractivity contribution in [2.24, 2.45) is 29.1 Å². The van der Waals surface area contributed by atoms with Crippen molar-refractivity contribution in [1.29, 1.82) is 0 Å². The molecule has 0 unspecified atom stereocenters. The Bertz CT molecular complexity index is 1970. The van der Waals surface area contributed by atoms with E-state index >= 15 is 0 Å². The highest BCUT2D eigenvalue weighted by atomic mass is 32.2. The molecule has 3 heterocycles. The van der Waals surface area contributed by atoms with E-state index in [1.807, 2.05) is 19.1 Å². The Morgan fingerprint density at radius 3 is 2.55 bits per heavy atom. The Hall–Kier alpha value is -4.14. The average Bonchev–Trinajstić information content (AvgIpc) is 4.03. The fourth-order valence-corrected chi connectivity index (χ4v) is 9.79. The molecule has 1 N–H and O–H groups in total. The Morgan fingerprint density at radius 1 is 1.13 bits per heavy atom. The maximum atomic E-state index is 14.8. The number of benzene rings is 1. The third kappa shape index (κ3) is 8.36. The summed E-state index contributed by atoms with van der Waals surface area (Å²) in [4.78, 5) is 62.1. The second-order valence-electron chi connectivity index (χ2n) is 16.3. The minimum Gasteiger partial charge on any atom is -0.496 e. The molecule has 2 aliphatic heterocycles. The molecule has 3 fully saturated rings. The molecule has 2 aliphatic carbocycles. The standard InChI is InChI=1S/C40H51F2N3O9S/c1-23(2)53-35(47)18-30-25(4)14-24(3)8-6-7-9-26-19-40(26,38(49)44-55(50,51)39(22-41)11-12-39)20-33(46)32-17-28(21-45(32)37(30)48)54-36-31-15-27(42)16-34(52-5)29(31)10-13-43-36/h7,9-10,13,15-16,23-26,28,30,32H,6,8,11-12,14,17-22H2,1-5H3,(H,44,49)/b9-7-/t24-,25+,26+,28+,30-,32-,40+/m0/s1. The smallest absolute Gasteiger partial charge is 0.306 e. The van der Waals surface area contributed by atoms with Crippen molar-refractivity contribution in [2.75, 3.05) is 20.3 Å². The zero-order chi connectivity index (χ0) is 39.9. The van der Waals surface area contributed by atoms with Gasteiger partial charge in [0, 0.05) is 30.5 Å². The second-order valence-corrected chi connectivity index (χ2v) is 18.4. The number of methoxy groups -OCH3 is 1. The van der Waals surface area contributed by atoms with E-state index in [1.165, 1.54) is 30.3 Å². The molecule has 6 rings (SSSR count). The summed E-state index contributed by atoms with van der Waals surface area (Å²) in [6.07, 6.45) is 5.86. The van der Waals surface area contributed by atoms with Crippen LogP contribution in [0.3, 0.4) is 0 Å². The van der Waals surface area contributed by atoms with Crippen LogP contribution in [0.4, 0.5) is 8.78 Å². The minimum atomic E-state index is -4.36. The first kappa shape index (κ1) is 40.5. The van der Waals surface area contributed by atoms with Crippen LogP contribution in [0.15, 0.2) is 36.5 Å². The van der Waals surface area contributed by atoms with E-state index in [1.54, 1.807) is 19.9 Å². The van der Waals surface area contributed by atoms with Crippen molar-refractivity contribution in [3.63, 3.8) is 0 Å². The number of pyridine rings is 1. The Morgan fingerprint density at radius 2 is 1.87 bits per heavy atom. The van der Waals surface area contributed by atoms with Crippen molar-refractivity contribution in [3.8, 4) is 11.6 Å². The lowest BCUT2D eigenvalue weighted by molar-refractivity contribution is -0.154. The van der Waals surface area contributed by atoms with Crippen LogP contribution in [0, 0.1) is 34.9 Å².